The Morgan fingerprint density at radius 1 is 1.38 bits per heavy atom. The average molecular weight is 222 g/mol. The lowest BCUT2D eigenvalue weighted by atomic mass is 9.94. The van der Waals surface area contributed by atoms with Gasteiger partial charge in [-0.05, 0) is 42.9 Å². The number of halogens is 1. The third-order valence-electron chi connectivity index (χ3n) is 3.36. The van der Waals surface area contributed by atoms with Crippen LogP contribution in [0.1, 0.15) is 43.7 Å². The number of hydrogen-bond acceptors (Lipinski definition) is 1. The van der Waals surface area contributed by atoms with Crippen molar-refractivity contribution < 1.29 is 9.13 Å². The maximum absolute atomic E-state index is 13.7. The molecule has 2 heteroatoms. The van der Waals surface area contributed by atoms with Crippen molar-refractivity contribution >= 4 is 0 Å². The van der Waals surface area contributed by atoms with Crippen LogP contribution in [0.4, 0.5) is 4.39 Å². The minimum absolute atomic E-state index is 0.0822. The predicted molar refractivity (Wildman–Crippen MR) is 63.1 cm³/mol. The molecule has 1 aliphatic rings. The van der Waals surface area contributed by atoms with E-state index in [9.17, 15) is 4.39 Å². The molecule has 0 N–H and O–H groups in total. The van der Waals surface area contributed by atoms with Gasteiger partial charge in [0.25, 0.3) is 0 Å². The Bertz CT molecular complexity index is 375. The zero-order valence-electron chi connectivity index (χ0n) is 10.2. The summed E-state index contributed by atoms with van der Waals surface area (Å²) >= 11 is 0. The maximum Gasteiger partial charge on any atom is 0.126 e. The van der Waals surface area contributed by atoms with E-state index in [1.165, 1.54) is 0 Å². The predicted octanol–water partition coefficient (Wildman–Crippen LogP) is 3.81. The smallest absolute Gasteiger partial charge is 0.126 e. The van der Waals surface area contributed by atoms with Gasteiger partial charge < -0.3 is 4.74 Å². The van der Waals surface area contributed by atoms with Crippen LogP contribution in [0.2, 0.25) is 0 Å². The van der Waals surface area contributed by atoms with E-state index in [2.05, 4.69) is 13.8 Å². The fourth-order valence-electron chi connectivity index (χ4n) is 2.25. The normalized spacial score (nSPS) is 25.5. The van der Waals surface area contributed by atoms with E-state index >= 15 is 0 Å². The van der Waals surface area contributed by atoms with Gasteiger partial charge in [-0.15, -0.1) is 0 Å². The molecule has 1 aliphatic heterocycles. The molecular formula is C14H19FO. The van der Waals surface area contributed by atoms with Crippen LogP contribution in [0, 0.1) is 12.7 Å². The van der Waals surface area contributed by atoms with Crippen molar-refractivity contribution in [2.45, 2.75) is 51.7 Å². The van der Waals surface area contributed by atoms with Crippen LogP contribution >= 0.6 is 0 Å². The van der Waals surface area contributed by atoms with Gasteiger partial charge in [-0.1, -0.05) is 26.0 Å². The van der Waals surface area contributed by atoms with E-state index in [1.807, 2.05) is 19.1 Å². The Balaban J connectivity index is 2.01. The lowest BCUT2D eigenvalue weighted by Gasteiger charge is -2.11. The van der Waals surface area contributed by atoms with Gasteiger partial charge in [0.15, 0.2) is 0 Å². The zero-order valence-corrected chi connectivity index (χ0v) is 10.2. The van der Waals surface area contributed by atoms with Crippen molar-refractivity contribution in [3.63, 3.8) is 0 Å². The van der Waals surface area contributed by atoms with Gasteiger partial charge in [0.2, 0.25) is 0 Å². The second kappa shape index (κ2) is 4.54. The van der Waals surface area contributed by atoms with E-state index in [0.717, 1.165) is 24.0 Å². The highest BCUT2D eigenvalue weighted by atomic mass is 19.1. The van der Waals surface area contributed by atoms with Crippen molar-refractivity contribution in [2.75, 3.05) is 0 Å². The Morgan fingerprint density at radius 3 is 2.69 bits per heavy atom. The molecule has 0 bridgehead atoms. The van der Waals surface area contributed by atoms with Crippen molar-refractivity contribution in [2.24, 2.45) is 0 Å². The number of aryl methyl sites for hydroxylation is 1. The molecule has 0 saturated carbocycles. The highest BCUT2D eigenvalue weighted by Crippen LogP contribution is 2.35. The first-order valence-corrected chi connectivity index (χ1v) is 6.03. The third-order valence-corrected chi connectivity index (χ3v) is 3.36. The van der Waals surface area contributed by atoms with Crippen LogP contribution in [0.5, 0.6) is 0 Å². The highest BCUT2D eigenvalue weighted by Gasteiger charge is 2.38. The number of epoxide rings is 1. The summed E-state index contributed by atoms with van der Waals surface area (Å²) in [6.07, 6.45) is 2.75. The Kier molecular flexibility index (Phi) is 3.29. The summed E-state index contributed by atoms with van der Waals surface area (Å²) in [7, 11) is 0. The molecule has 1 heterocycles. The molecule has 3 atom stereocenters. The van der Waals surface area contributed by atoms with Gasteiger partial charge in [0, 0.05) is 0 Å². The Hall–Kier alpha value is -0.890. The van der Waals surface area contributed by atoms with E-state index in [4.69, 9.17) is 4.74 Å². The second-order valence-electron chi connectivity index (χ2n) is 4.78. The standard InChI is InChI=1S/C14H19FO/c1-4-13-14(16-13)8-10(3)11-6-5-9(2)7-12(11)15/h5-7,10,13-14H,4,8H2,1-3H3. The van der Waals surface area contributed by atoms with Crippen LogP contribution in [0.25, 0.3) is 0 Å². The summed E-state index contributed by atoms with van der Waals surface area (Å²) in [6, 6.07) is 5.48. The molecule has 0 aliphatic carbocycles. The van der Waals surface area contributed by atoms with Crippen LogP contribution in [0.3, 0.4) is 0 Å². The molecule has 0 aromatic heterocycles. The van der Waals surface area contributed by atoms with E-state index in [1.54, 1.807) is 6.07 Å². The Labute approximate surface area is 96.6 Å². The molecule has 1 aromatic carbocycles. The van der Waals surface area contributed by atoms with Crippen LogP contribution in [-0.2, 0) is 4.74 Å². The fraction of sp³-hybridized carbons (Fsp3) is 0.571. The molecule has 0 amide bonds. The molecule has 1 saturated heterocycles. The van der Waals surface area contributed by atoms with Gasteiger partial charge >= 0.3 is 0 Å². The summed E-state index contributed by atoms with van der Waals surface area (Å²) in [5.74, 6) is 0.156. The molecule has 3 unspecified atom stereocenters. The summed E-state index contributed by atoms with van der Waals surface area (Å²) < 4.78 is 19.2. The van der Waals surface area contributed by atoms with Crippen LogP contribution < -0.4 is 0 Å². The first-order valence-electron chi connectivity index (χ1n) is 6.03. The molecule has 1 fully saturated rings. The number of ether oxygens (including phenoxy) is 1. The minimum atomic E-state index is -0.0822. The van der Waals surface area contributed by atoms with Crippen molar-refractivity contribution in [3.05, 3.63) is 35.1 Å². The maximum atomic E-state index is 13.7. The molecule has 1 nitrogen and oxygen atoms in total. The van der Waals surface area contributed by atoms with E-state index in [-0.39, 0.29) is 11.7 Å². The molecule has 0 spiro atoms. The fourth-order valence-corrected chi connectivity index (χ4v) is 2.25. The monoisotopic (exact) mass is 222 g/mol. The summed E-state index contributed by atoms with van der Waals surface area (Å²) in [4.78, 5) is 0. The molecule has 88 valence electrons. The van der Waals surface area contributed by atoms with Crippen molar-refractivity contribution in [1.82, 2.24) is 0 Å². The molecule has 16 heavy (non-hydrogen) atoms. The van der Waals surface area contributed by atoms with Gasteiger partial charge in [-0.2, -0.15) is 0 Å². The molecule has 1 aromatic rings. The second-order valence-corrected chi connectivity index (χ2v) is 4.78. The Morgan fingerprint density at radius 2 is 2.12 bits per heavy atom. The lowest BCUT2D eigenvalue weighted by molar-refractivity contribution is 0.352. The summed E-state index contributed by atoms with van der Waals surface area (Å²) in [5, 5.41) is 0. The van der Waals surface area contributed by atoms with Gasteiger partial charge in [0.1, 0.15) is 5.82 Å². The van der Waals surface area contributed by atoms with Crippen molar-refractivity contribution in [3.8, 4) is 0 Å². The van der Waals surface area contributed by atoms with Gasteiger partial charge in [0.05, 0.1) is 12.2 Å². The van der Waals surface area contributed by atoms with Gasteiger partial charge in [-0.25, -0.2) is 4.39 Å². The highest BCUT2D eigenvalue weighted by molar-refractivity contribution is 5.26. The molecule has 2 rings (SSSR count). The average Bonchev–Trinajstić information content (AvgIpc) is 2.96. The zero-order chi connectivity index (χ0) is 11.7. The minimum Gasteiger partial charge on any atom is -0.370 e. The SMILES string of the molecule is CCC1OC1CC(C)c1ccc(C)cc1F. The summed E-state index contributed by atoms with van der Waals surface area (Å²) in [6.45, 7) is 6.11. The first kappa shape index (κ1) is 11.6. The van der Waals surface area contributed by atoms with Crippen LogP contribution in [0.15, 0.2) is 18.2 Å². The number of hydrogen-bond donors (Lipinski definition) is 0. The topological polar surface area (TPSA) is 12.5 Å². The largest absolute Gasteiger partial charge is 0.370 e. The van der Waals surface area contributed by atoms with Crippen molar-refractivity contribution in [1.29, 1.82) is 0 Å². The quantitative estimate of drug-likeness (QED) is 0.706. The number of rotatable bonds is 4. The van der Waals surface area contributed by atoms with E-state index in [0.29, 0.717) is 12.2 Å². The molecular weight excluding hydrogens is 203 g/mol. The first-order chi connectivity index (χ1) is 7.61. The lowest BCUT2D eigenvalue weighted by Crippen LogP contribution is -2.03. The van der Waals surface area contributed by atoms with E-state index < -0.39 is 0 Å². The molecule has 0 radical (unpaired) electrons. The summed E-state index contributed by atoms with van der Waals surface area (Å²) in [5.41, 5.74) is 1.79. The number of benzene rings is 1. The van der Waals surface area contributed by atoms with Gasteiger partial charge in [-0.3, -0.25) is 0 Å². The third kappa shape index (κ3) is 2.43. The van der Waals surface area contributed by atoms with Crippen LogP contribution in [-0.4, -0.2) is 12.2 Å².